The van der Waals surface area contributed by atoms with Crippen LogP contribution in [0.1, 0.15) is 13.8 Å². The summed E-state index contributed by atoms with van der Waals surface area (Å²) >= 11 is 0. The Bertz CT molecular complexity index is 1030. The molecule has 2 N–H and O–H groups in total. The van der Waals surface area contributed by atoms with Gasteiger partial charge < -0.3 is 19.0 Å². The maximum Gasteiger partial charge on any atom is 0.323 e. The van der Waals surface area contributed by atoms with E-state index in [0.29, 0.717) is 5.69 Å². The van der Waals surface area contributed by atoms with Crippen molar-refractivity contribution in [3.63, 3.8) is 0 Å². The van der Waals surface area contributed by atoms with E-state index in [1.54, 1.807) is 12.1 Å². The van der Waals surface area contributed by atoms with Crippen LogP contribution in [-0.2, 0) is 20.2 Å². The maximum absolute atomic E-state index is 12.2. The lowest BCUT2D eigenvalue weighted by molar-refractivity contribution is 0.262. The minimum Gasteiger partial charge on any atom is -0.382 e. The molecule has 0 heterocycles. The number of hydrogen-bond acceptors (Lipinski definition) is 7. The van der Waals surface area contributed by atoms with Crippen molar-refractivity contribution in [1.29, 1.82) is 0 Å². The Labute approximate surface area is 163 Å². The predicted octanol–water partition coefficient (Wildman–Crippen LogP) is 2.79. The molecule has 2 amide bonds. The molecule has 2 rings (SSSR count). The molecule has 152 valence electrons. The molecule has 0 fully saturated rings. The van der Waals surface area contributed by atoms with Gasteiger partial charge in [-0.15, -0.1) is 0 Å². The minimum absolute atomic E-state index is 0.00646. The first kappa shape index (κ1) is 21.5. The summed E-state index contributed by atoms with van der Waals surface area (Å²) in [7, 11) is -7.38. The van der Waals surface area contributed by atoms with Gasteiger partial charge in [0, 0.05) is 5.69 Å². The van der Waals surface area contributed by atoms with Crippen molar-refractivity contribution < 1.29 is 30.0 Å². The average Bonchev–Trinajstić information content (AvgIpc) is 2.64. The topological polar surface area (TPSA) is 128 Å². The van der Waals surface area contributed by atoms with Crippen molar-refractivity contribution >= 4 is 37.6 Å². The second-order valence-corrected chi connectivity index (χ2v) is 9.18. The molecule has 2 aromatic rings. The second-order valence-electron chi connectivity index (χ2n) is 5.46. The van der Waals surface area contributed by atoms with Crippen LogP contribution in [0.4, 0.5) is 16.2 Å². The molecule has 0 aliphatic rings. The van der Waals surface area contributed by atoms with E-state index in [4.69, 9.17) is 8.37 Å². The zero-order chi connectivity index (χ0) is 20.8. The van der Waals surface area contributed by atoms with Crippen molar-refractivity contribution in [2.24, 2.45) is 0 Å². The first-order valence-electron chi connectivity index (χ1n) is 8.25. The molecule has 9 nitrogen and oxygen atoms in total. The van der Waals surface area contributed by atoms with E-state index in [1.165, 1.54) is 50.2 Å². The minimum atomic E-state index is -3.75. The summed E-state index contributed by atoms with van der Waals surface area (Å²) in [6.07, 6.45) is 0. The molecule has 0 spiro atoms. The van der Waals surface area contributed by atoms with Crippen LogP contribution in [-0.4, -0.2) is 34.4 Å². The van der Waals surface area contributed by atoms with E-state index < -0.39 is 26.3 Å². The van der Waals surface area contributed by atoms with Gasteiger partial charge in [-0.25, -0.2) is 4.79 Å². The summed E-state index contributed by atoms with van der Waals surface area (Å²) in [6, 6.07) is 11.2. The highest BCUT2D eigenvalue weighted by Gasteiger charge is 2.14. The summed E-state index contributed by atoms with van der Waals surface area (Å²) in [4.78, 5) is 12.2. The highest BCUT2D eigenvalue weighted by Crippen LogP contribution is 2.26. The fourth-order valence-electron chi connectivity index (χ4n) is 1.92. The number of para-hydroxylation sites is 2. The largest absolute Gasteiger partial charge is 0.382 e. The SMILES string of the molecule is CCS(=O)(=O)Oc1ccc(NC(=O)Nc2ccccc2OS(=O)(=O)CC)cc1. The van der Waals surface area contributed by atoms with E-state index in [-0.39, 0.29) is 28.7 Å². The van der Waals surface area contributed by atoms with E-state index >= 15 is 0 Å². The Kier molecular flexibility index (Phi) is 6.86. The molecule has 0 radical (unpaired) electrons. The van der Waals surface area contributed by atoms with Crippen LogP contribution in [0.3, 0.4) is 0 Å². The number of nitrogens with one attached hydrogen (secondary N) is 2. The third-order valence-electron chi connectivity index (χ3n) is 3.39. The second kappa shape index (κ2) is 8.93. The number of hydrogen-bond donors (Lipinski definition) is 2. The molecule has 0 saturated heterocycles. The lowest BCUT2D eigenvalue weighted by Crippen LogP contribution is -2.20. The van der Waals surface area contributed by atoms with E-state index in [0.717, 1.165) is 0 Å². The molecule has 0 aliphatic carbocycles. The number of rotatable bonds is 8. The summed E-state index contributed by atoms with van der Waals surface area (Å²) < 4.78 is 56.0. The lowest BCUT2D eigenvalue weighted by Gasteiger charge is -2.12. The van der Waals surface area contributed by atoms with Crippen molar-refractivity contribution in [1.82, 2.24) is 0 Å². The first-order valence-corrected chi connectivity index (χ1v) is 11.4. The summed E-state index contributed by atoms with van der Waals surface area (Å²) in [5.41, 5.74) is 0.546. The fraction of sp³-hybridized carbons (Fsp3) is 0.235. The van der Waals surface area contributed by atoms with Crippen molar-refractivity contribution in [2.75, 3.05) is 22.1 Å². The van der Waals surface area contributed by atoms with Gasteiger partial charge in [-0.1, -0.05) is 12.1 Å². The Hall–Kier alpha value is -2.79. The molecule has 0 atom stereocenters. The van der Waals surface area contributed by atoms with Crippen LogP contribution in [0.2, 0.25) is 0 Å². The number of carbonyl (C=O) groups is 1. The zero-order valence-electron chi connectivity index (χ0n) is 15.2. The number of benzene rings is 2. The van der Waals surface area contributed by atoms with Crippen LogP contribution in [0, 0.1) is 0 Å². The number of amides is 2. The van der Waals surface area contributed by atoms with E-state index in [1.807, 2.05) is 0 Å². The van der Waals surface area contributed by atoms with Gasteiger partial charge in [0.25, 0.3) is 0 Å². The smallest absolute Gasteiger partial charge is 0.323 e. The van der Waals surface area contributed by atoms with Gasteiger partial charge in [-0.05, 0) is 50.2 Å². The summed E-state index contributed by atoms with van der Waals surface area (Å²) in [6.45, 7) is 2.90. The molecule has 28 heavy (non-hydrogen) atoms. The fourth-order valence-corrected chi connectivity index (χ4v) is 2.98. The van der Waals surface area contributed by atoms with Gasteiger partial charge in [0.1, 0.15) is 5.75 Å². The van der Waals surface area contributed by atoms with Gasteiger partial charge >= 0.3 is 26.3 Å². The number of urea groups is 1. The van der Waals surface area contributed by atoms with Gasteiger partial charge in [0.05, 0.1) is 17.2 Å². The van der Waals surface area contributed by atoms with Crippen molar-refractivity contribution in [3.05, 3.63) is 48.5 Å². The summed E-state index contributed by atoms with van der Waals surface area (Å²) in [5, 5.41) is 5.04. The van der Waals surface area contributed by atoms with Crippen LogP contribution >= 0.6 is 0 Å². The van der Waals surface area contributed by atoms with Gasteiger partial charge in [-0.3, -0.25) is 0 Å². The predicted molar refractivity (Wildman–Crippen MR) is 106 cm³/mol. The highest BCUT2D eigenvalue weighted by molar-refractivity contribution is 7.87. The highest BCUT2D eigenvalue weighted by atomic mass is 32.2. The molecule has 0 aliphatic heterocycles. The molecule has 2 aromatic carbocycles. The lowest BCUT2D eigenvalue weighted by atomic mass is 10.3. The van der Waals surface area contributed by atoms with Crippen molar-refractivity contribution in [3.8, 4) is 11.5 Å². The van der Waals surface area contributed by atoms with E-state index in [2.05, 4.69) is 10.6 Å². The van der Waals surface area contributed by atoms with Gasteiger partial charge in [-0.2, -0.15) is 16.8 Å². The monoisotopic (exact) mass is 428 g/mol. The number of anilines is 2. The molecular formula is C17H20N2O7S2. The Morgan fingerprint density at radius 3 is 2.00 bits per heavy atom. The standard InChI is InChI=1S/C17H20N2O7S2/c1-3-27(21,22)25-14-11-9-13(10-12-14)18-17(20)19-15-7-5-6-8-16(15)26-28(23,24)4-2/h5-12H,3-4H2,1-2H3,(H2,18,19,20). The molecule has 0 aromatic heterocycles. The van der Waals surface area contributed by atoms with Crippen LogP contribution in [0.5, 0.6) is 11.5 Å². The molecular weight excluding hydrogens is 408 g/mol. The molecule has 0 bridgehead atoms. The van der Waals surface area contributed by atoms with Crippen LogP contribution < -0.4 is 19.0 Å². The van der Waals surface area contributed by atoms with Crippen LogP contribution in [0.15, 0.2) is 48.5 Å². The zero-order valence-corrected chi connectivity index (χ0v) is 16.8. The molecule has 0 saturated carbocycles. The molecule has 11 heteroatoms. The van der Waals surface area contributed by atoms with Gasteiger partial charge in [0.15, 0.2) is 5.75 Å². The Balaban J connectivity index is 2.05. The number of carbonyl (C=O) groups excluding carboxylic acids is 1. The Morgan fingerprint density at radius 1 is 0.821 bits per heavy atom. The Morgan fingerprint density at radius 2 is 1.39 bits per heavy atom. The van der Waals surface area contributed by atoms with Gasteiger partial charge in [0.2, 0.25) is 0 Å². The molecule has 0 unspecified atom stereocenters. The third kappa shape index (κ3) is 6.43. The van der Waals surface area contributed by atoms with E-state index in [9.17, 15) is 21.6 Å². The normalized spacial score (nSPS) is 11.5. The summed E-state index contributed by atoms with van der Waals surface area (Å²) in [5.74, 6) is -0.260. The van der Waals surface area contributed by atoms with Crippen LogP contribution in [0.25, 0.3) is 0 Å². The quantitative estimate of drug-likeness (QED) is 0.619. The maximum atomic E-state index is 12.2. The van der Waals surface area contributed by atoms with Crippen molar-refractivity contribution in [2.45, 2.75) is 13.8 Å². The average molecular weight is 428 g/mol. The third-order valence-corrected chi connectivity index (χ3v) is 5.69. The first-order chi connectivity index (χ1) is 13.1.